The Balaban J connectivity index is 2.58. The minimum Gasteiger partial charge on any atom is -0.358 e. The van der Waals surface area contributed by atoms with Crippen LogP contribution in [0.1, 0.15) is 11.3 Å². The first-order valence-corrected chi connectivity index (χ1v) is 5.43. The van der Waals surface area contributed by atoms with Gasteiger partial charge in [-0.3, -0.25) is 0 Å². The lowest BCUT2D eigenvalue weighted by atomic mass is 10.1. The van der Waals surface area contributed by atoms with Crippen LogP contribution in [0, 0.1) is 6.92 Å². The summed E-state index contributed by atoms with van der Waals surface area (Å²) in [5, 5.41) is 4.41. The van der Waals surface area contributed by atoms with Crippen molar-refractivity contribution in [3.8, 4) is 0 Å². The molecule has 1 aromatic carbocycles. The van der Waals surface area contributed by atoms with Crippen molar-refractivity contribution in [3.63, 3.8) is 0 Å². The van der Waals surface area contributed by atoms with Crippen molar-refractivity contribution in [1.29, 1.82) is 0 Å². The highest BCUT2D eigenvalue weighted by atomic mass is 79.9. The van der Waals surface area contributed by atoms with Crippen LogP contribution in [-0.4, -0.2) is 12.0 Å². The number of hydrogen-bond donors (Lipinski definition) is 2. The second-order valence-electron chi connectivity index (χ2n) is 3.47. The van der Waals surface area contributed by atoms with E-state index in [1.807, 2.05) is 7.05 Å². The Kier molecular flexibility index (Phi) is 2.61. The van der Waals surface area contributed by atoms with E-state index in [-0.39, 0.29) is 0 Å². The number of aryl methyl sites for hydroxylation is 1. The molecule has 0 aliphatic rings. The molecule has 1 heterocycles. The summed E-state index contributed by atoms with van der Waals surface area (Å²) < 4.78 is 1.17. The van der Waals surface area contributed by atoms with E-state index < -0.39 is 0 Å². The summed E-state index contributed by atoms with van der Waals surface area (Å²) in [6.07, 6.45) is 0. The summed E-state index contributed by atoms with van der Waals surface area (Å²) in [5.74, 6) is 0. The van der Waals surface area contributed by atoms with E-state index in [9.17, 15) is 0 Å². The normalized spacial score (nSPS) is 11.1. The van der Waals surface area contributed by atoms with Crippen molar-refractivity contribution in [2.45, 2.75) is 13.5 Å². The summed E-state index contributed by atoms with van der Waals surface area (Å²) in [7, 11) is 1.96. The second kappa shape index (κ2) is 3.75. The molecule has 0 atom stereocenters. The molecule has 1 aromatic heterocycles. The molecule has 0 bridgehead atoms. The SMILES string of the molecule is CNCc1ccc2[nH]c(C)c(Br)c2c1. The highest BCUT2D eigenvalue weighted by Crippen LogP contribution is 2.27. The first-order chi connectivity index (χ1) is 6.72. The Morgan fingerprint density at radius 2 is 2.21 bits per heavy atom. The smallest absolute Gasteiger partial charge is 0.0467 e. The van der Waals surface area contributed by atoms with Gasteiger partial charge in [-0.2, -0.15) is 0 Å². The third kappa shape index (κ3) is 1.57. The average molecular weight is 253 g/mol. The van der Waals surface area contributed by atoms with Crippen LogP contribution in [0.2, 0.25) is 0 Å². The molecule has 0 saturated heterocycles. The number of rotatable bonds is 2. The van der Waals surface area contributed by atoms with Crippen molar-refractivity contribution in [2.24, 2.45) is 0 Å². The van der Waals surface area contributed by atoms with Gasteiger partial charge in [-0.25, -0.2) is 0 Å². The van der Waals surface area contributed by atoms with Crippen LogP contribution in [0.3, 0.4) is 0 Å². The molecule has 0 radical (unpaired) electrons. The fraction of sp³-hybridized carbons (Fsp3) is 0.273. The lowest BCUT2D eigenvalue weighted by Crippen LogP contribution is -2.04. The van der Waals surface area contributed by atoms with Crippen molar-refractivity contribution in [1.82, 2.24) is 10.3 Å². The summed E-state index contributed by atoms with van der Waals surface area (Å²) in [6, 6.07) is 6.47. The summed E-state index contributed by atoms with van der Waals surface area (Å²) in [4.78, 5) is 3.33. The fourth-order valence-corrected chi connectivity index (χ4v) is 2.08. The van der Waals surface area contributed by atoms with Gasteiger partial charge in [0, 0.05) is 27.6 Å². The fourth-order valence-electron chi connectivity index (χ4n) is 1.65. The first-order valence-electron chi connectivity index (χ1n) is 4.63. The zero-order valence-electron chi connectivity index (χ0n) is 8.32. The Labute approximate surface area is 91.8 Å². The Bertz CT molecular complexity index is 460. The van der Waals surface area contributed by atoms with Crippen LogP contribution in [0.25, 0.3) is 10.9 Å². The maximum atomic E-state index is 3.58. The van der Waals surface area contributed by atoms with Gasteiger partial charge in [-0.15, -0.1) is 0 Å². The van der Waals surface area contributed by atoms with Crippen LogP contribution < -0.4 is 5.32 Å². The van der Waals surface area contributed by atoms with Gasteiger partial charge in [0.15, 0.2) is 0 Å². The predicted molar refractivity (Wildman–Crippen MR) is 63.5 cm³/mol. The Morgan fingerprint density at radius 1 is 1.43 bits per heavy atom. The van der Waals surface area contributed by atoms with Crippen molar-refractivity contribution < 1.29 is 0 Å². The number of aromatic nitrogens is 1. The van der Waals surface area contributed by atoms with Gasteiger partial charge >= 0.3 is 0 Å². The number of aromatic amines is 1. The molecule has 0 spiro atoms. The van der Waals surface area contributed by atoms with Crippen molar-refractivity contribution >= 4 is 26.8 Å². The second-order valence-corrected chi connectivity index (χ2v) is 4.27. The highest BCUT2D eigenvalue weighted by Gasteiger charge is 2.05. The van der Waals surface area contributed by atoms with Gasteiger partial charge in [-0.05, 0) is 47.6 Å². The van der Waals surface area contributed by atoms with Gasteiger partial charge < -0.3 is 10.3 Å². The number of hydrogen-bond acceptors (Lipinski definition) is 1. The van der Waals surface area contributed by atoms with E-state index >= 15 is 0 Å². The van der Waals surface area contributed by atoms with Crippen molar-refractivity contribution in [3.05, 3.63) is 33.9 Å². The van der Waals surface area contributed by atoms with E-state index in [0.29, 0.717) is 0 Å². The minimum atomic E-state index is 0.909. The Hall–Kier alpha value is -0.800. The van der Waals surface area contributed by atoms with Crippen LogP contribution >= 0.6 is 15.9 Å². The molecule has 2 aromatic rings. The zero-order chi connectivity index (χ0) is 10.1. The monoisotopic (exact) mass is 252 g/mol. The topological polar surface area (TPSA) is 27.8 Å². The highest BCUT2D eigenvalue weighted by molar-refractivity contribution is 9.10. The average Bonchev–Trinajstić information content (AvgIpc) is 2.45. The van der Waals surface area contributed by atoms with E-state index in [4.69, 9.17) is 0 Å². The van der Waals surface area contributed by atoms with E-state index in [1.165, 1.54) is 26.6 Å². The van der Waals surface area contributed by atoms with Crippen LogP contribution in [0.5, 0.6) is 0 Å². The largest absolute Gasteiger partial charge is 0.358 e. The maximum absolute atomic E-state index is 3.58. The molecule has 0 fully saturated rings. The molecular weight excluding hydrogens is 240 g/mol. The zero-order valence-corrected chi connectivity index (χ0v) is 9.90. The van der Waals surface area contributed by atoms with Crippen LogP contribution in [0.15, 0.2) is 22.7 Å². The Morgan fingerprint density at radius 3 is 2.93 bits per heavy atom. The molecule has 0 saturated carbocycles. The quantitative estimate of drug-likeness (QED) is 0.846. The maximum Gasteiger partial charge on any atom is 0.0467 e. The lowest BCUT2D eigenvalue weighted by molar-refractivity contribution is 0.819. The van der Waals surface area contributed by atoms with E-state index in [1.54, 1.807) is 0 Å². The molecule has 14 heavy (non-hydrogen) atoms. The van der Waals surface area contributed by atoms with Gasteiger partial charge in [0.2, 0.25) is 0 Å². The molecule has 0 aliphatic carbocycles. The molecule has 0 unspecified atom stereocenters. The number of nitrogens with one attached hydrogen (secondary N) is 2. The van der Waals surface area contributed by atoms with Crippen LogP contribution in [-0.2, 0) is 6.54 Å². The minimum absolute atomic E-state index is 0.909. The van der Waals surface area contributed by atoms with Gasteiger partial charge in [0.25, 0.3) is 0 Å². The number of halogens is 1. The van der Waals surface area contributed by atoms with Crippen molar-refractivity contribution in [2.75, 3.05) is 7.05 Å². The van der Waals surface area contributed by atoms with E-state index in [0.717, 1.165) is 6.54 Å². The molecule has 2 N–H and O–H groups in total. The summed E-state index contributed by atoms with van der Waals surface area (Å²) in [6.45, 7) is 2.98. The van der Waals surface area contributed by atoms with Gasteiger partial charge in [0.1, 0.15) is 0 Å². The summed E-state index contributed by atoms with van der Waals surface area (Å²) >= 11 is 3.58. The van der Waals surface area contributed by atoms with Gasteiger partial charge in [-0.1, -0.05) is 6.07 Å². The molecule has 2 rings (SSSR count). The third-order valence-corrected chi connectivity index (χ3v) is 3.37. The standard InChI is InChI=1S/C11H13BrN2/c1-7-11(12)9-5-8(6-13-2)3-4-10(9)14-7/h3-5,13-14H,6H2,1-2H3. The van der Waals surface area contributed by atoms with Gasteiger partial charge in [0.05, 0.1) is 0 Å². The molecule has 2 nitrogen and oxygen atoms in total. The van der Waals surface area contributed by atoms with Crippen LogP contribution in [0.4, 0.5) is 0 Å². The number of fused-ring (bicyclic) bond motifs is 1. The predicted octanol–water partition coefficient (Wildman–Crippen LogP) is 2.96. The molecule has 74 valence electrons. The number of benzene rings is 1. The molecule has 0 aliphatic heterocycles. The summed E-state index contributed by atoms with van der Waals surface area (Å²) in [5.41, 5.74) is 3.68. The lowest BCUT2D eigenvalue weighted by Gasteiger charge is -1.99. The molecular formula is C11H13BrN2. The molecule has 0 amide bonds. The first kappa shape index (κ1) is 9.74. The molecule has 3 heteroatoms. The number of H-pyrrole nitrogens is 1. The third-order valence-electron chi connectivity index (χ3n) is 2.35. The van der Waals surface area contributed by atoms with E-state index in [2.05, 4.69) is 51.4 Å².